The lowest BCUT2D eigenvalue weighted by Crippen LogP contribution is -2.43. The fourth-order valence-electron chi connectivity index (χ4n) is 6.31. The first kappa shape index (κ1) is 32.7. The molecule has 1 heterocycles. The molecule has 2 radical (unpaired) electrons. The summed E-state index contributed by atoms with van der Waals surface area (Å²) < 4.78 is 24.9. The number of rotatable bonds is 9. The Morgan fingerprint density at radius 1 is 1.11 bits per heavy atom. The molecule has 1 spiro atoms. The standard InChI is InChI=1S/C34H39BFN3O5/c1-9-23(35)29(36)19(3)30(40)38-25-14-18(2)10-12-21(25)22-16-26(39-34(22)17-28(34)33(4,5)6)31(41)37-24-13-11-20(32(42)44-8)15-27(24)43-7/h9-15,22,26,28,39H,1,3,16-17H2,2,4-8H3,(H,37,41)(H,38,40)/b29-23-/t22-,26+,28+,34?/m0/s1. The third-order valence-electron chi connectivity index (χ3n) is 8.63. The van der Waals surface area contributed by atoms with E-state index in [1.165, 1.54) is 20.3 Å². The molecule has 2 amide bonds. The summed E-state index contributed by atoms with van der Waals surface area (Å²) in [7, 11) is 8.37. The second-order valence-corrected chi connectivity index (χ2v) is 12.5. The van der Waals surface area contributed by atoms with Crippen LogP contribution >= 0.6 is 0 Å². The first-order valence-corrected chi connectivity index (χ1v) is 14.4. The van der Waals surface area contributed by atoms with Crippen molar-refractivity contribution in [3.05, 3.63) is 89.2 Å². The summed E-state index contributed by atoms with van der Waals surface area (Å²) in [5.74, 6) is -2.00. The Kier molecular flexibility index (Phi) is 9.25. The van der Waals surface area contributed by atoms with Crippen LogP contribution in [0.3, 0.4) is 0 Å². The molecule has 2 fully saturated rings. The molecule has 1 aliphatic heterocycles. The van der Waals surface area contributed by atoms with Crippen molar-refractivity contribution in [3.8, 4) is 5.75 Å². The molecule has 1 saturated heterocycles. The Morgan fingerprint density at radius 3 is 2.41 bits per heavy atom. The molecule has 10 heteroatoms. The van der Waals surface area contributed by atoms with Gasteiger partial charge in [0.2, 0.25) is 5.91 Å². The number of benzene rings is 2. The number of amides is 2. The zero-order valence-electron chi connectivity index (χ0n) is 26.1. The molecular weight excluding hydrogens is 560 g/mol. The Hall–Kier alpha value is -4.18. The topological polar surface area (TPSA) is 106 Å². The van der Waals surface area contributed by atoms with Crippen molar-refractivity contribution < 1.29 is 28.2 Å². The lowest BCUT2D eigenvalue weighted by Gasteiger charge is -2.28. The van der Waals surface area contributed by atoms with Crippen molar-refractivity contribution in [1.29, 1.82) is 0 Å². The van der Waals surface area contributed by atoms with E-state index in [4.69, 9.17) is 17.3 Å². The maximum absolute atomic E-state index is 14.6. The number of aryl methyl sites for hydroxylation is 1. The first-order valence-electron chi connectivity index (χ1n) is 14.4. The molecule has 44 heavy (non-hydrogen) atoms. The largest absolute Gasteiger partial charge is 0.495 e. The summed E-state index contributed by atoms with van der Waals surface area (Å²) >= 11 is 0. The Labute approximate surface area is 259 Å². The van der Waals surface area contributed by atoms with Gasteiger partial charge in [-0.1, -0.05) is 57.6 Å². The zero-order valence-corrected chi connectivity index (χ0v) is 26.1. The molecule has 2 aromatic carbocycles. The predicted molar refractivity (Wildman–Crippen MR) is 171 cm³/mol. The predicted octanol–water partition coefficient (Wildman–Crippen LogP) is 5.71. The highest BCUT2D eigenvalue weighted by molar-refractivity contribution is 6.25. The van der Waals surface area contributed by atoms with Gasteiger partial charge in [-0.25, -0.2) is 9.18 Å². The van der Waals surface area contributed by atoms with Crippen LogP contribution in [0.25, 0.3) is 0 Å². The van der Waals surface area contributed by atoms with Crippen molar-refractivity contribution in [2.24, 2.45) is 11.3 Å². The molecule has 4 atom stereocenters. The normalized spacial score (nSPS) is 22.9. The van der Waals surface area contributed by atoms with Gasteiger partial charge in [-0.15, -0.1) is 0 Å². The Balaban J connectivity index is 1.66. The van der Waals surface area contributed by atoms with E-state index in [9.17, 15) is 18.8 Å². The number of ether oxygens (including phenoxy) is 2. The van der Waals surface area contributed by atoms with Gasteiger partial charge in [0.1, 0.15) is 19.4 Å². The maximum atomic E-state index is 14.6. The fourth-order valence-corrected chi connectivity index (χ4v) is 6.31. The lowest BCUT2D eigenvalue weighted by atomic mass is 9.80. The van der Waals surface area contributed by atoms with Crippen molar-refractivity contribution in [2.45, 2.75) is 58.0 Å². The highest BCUT2D eigenvalue weighted by Crippen LogP contribution is 2.64. The van der Waals surface area contributed by atoms with Crippen LogP contribution in [0.2, 0.25) is 0 Å². The zero-order chi connectivity index (χ0) is 32.6. The van der Waals surface area contributed by atoms with E-state index in [2.05, 4.69) is 49.9 Å². The monoisotopic (exact) mass is 599 g/mol. The van der Waals surface area contributed by atoms with E-state index in [1.807, 2.05) is 25.1 Å². The molecule has 1 unspecified atom stereocenters. The SMILES string of the molecule is [B]/C(C=C)=C(\F)C(=C)C(=O)Nc1cc(C)ccc1[C@@H]1C[C@H](C(=O)Nc2ccc(C(=O)OC)cc2OC)NC12C[C@@H]2C(C)(C)C. The average molecular weight is 600 g/mol. The van der Waals surface area contributed by atoms with Gasteiger partial charge >= 0.3 is 5.97 Å². The Morgan fingerprint density at radius 2 is 1.82 bits per heavy atom. The van der Waals surface area contributed by atoms with Crippen molar-refractivity contribution in [1.82, 2.24) is 5.32 Å². The quantitative estimate of drug-likeness (QED) is 0.148. The van der Waals surface area contributed by atoms with Crippen LogP contribution in [0, 0.1) is 18.3 Å². The number of anilines is 2. The van der Waals surface area contributed by atoms with Gasteiger partial charge < -0.3 is 20.1 Å². The molecule has 1 aliphatic carbocycles. The van der Waals surface area contributed by atoms with Gasteiger partial charge in [0.05, 0.1) is 37.1 Å². The summed E-state index contributed by atoms with van der Waals surface area (Å²) in [6.45, 7) is 15.5. The minimum absolute atomic E-state index is 0.0535. The second-order valence-electron chi connectivity index (χ2n) is 12.5. The molecule has 2 aromatic rings. The van der Waals surface area contributed by atoms with E-state index < -0.39 is 34.9 Å². The van der Waals surface area contributed by atoms with Gasteiger partial charge in [-0.05, 0) is 66.5 Å². The molecule has 0 aromatic heterocycles. The molecule has 8 nitrogen and oxygen atoms in total. The number of nitrogens with one attached hydrogen (secondary N) is 3. The van der Waals surface area contributed by atoms with Crippen molar-refractivity contribution >= 4 is 37.0 Å². The van der Waals surface area contributed by atoms with Crippen LogP contribution in [-0.2, 0) is 14.3 Å². The molecular formula is C34H39BFN3O5. The number of carbonyl (C=O) groups is 3. The van der Waals surface area contributed by atoms with Crippen LogP contribution in [0.4, 0.5) is 15.8 Å². The lowest BCUT2D eigenvalue weighted by molar-refractivity contribution is -0.118. The third kappa shape index (κ3) is 6.36. The third-order valence-corrected chi connectivity index (χ3v) is 8.63. The number of hydrogen-bond donors (Lipinski definition) is 3. The summed E-state index contributed by atoms with van der Waals surface area (Å²) in [6.07, 6.45) is 2.41. The number of halogens is 1. The maximum Gasteiger partial charge on any atom is 0.337 e. The van der Waals surface area contributed by atoms with Crippen molar-refractivity contribution in [2.75, 3.05) is 24.9 Å². The van der Waals surface area contributed by atoms with E-state index in [1.54, 1.807) is 12.1 Å². The van der Waals surface area contributed by atoms with Gasteiger partial charge in [0, 0.05) is 17.1 Å². The van der Waals surface area contributed by atoms with Crippen LogP contribution in [0.1, 0.15) is 61.0 Å². The van der Waals surface area contributed by atoms with E-state index in [-0.39, 0.29) is 28.6 Å². The van der Waals surface area contributed by atoms with E-state index >= 15 is 0 Å². The van der Waals surface area contributed by atoms with Crippen molar-refractivity contribution in [3.63, 3.8) is 0 Å². The number of carbonyl (C=O) groups excluding carboxylic acids is 3. The molecule has 1 saturated carbocycles. The van der Waals surface area contributed by atoms with Gasteiger partial charge in [0.15, 0.2) is 0 Å². The van der Waals surface area contributed by atoms with Crippen LogP contribution in [-0.4, -0.2) is 51.4 Å². The minimum atomic E-state index is -0.938. The van der Waals surface area contributed by atoms with Gasteiger partial charge in [-0.3, -0.25) is 14.9 Å². The molecule has 4 rings (SSSR count). The van der Waals surface area contributed by atoms with E-state index in [0.29, 0.717) is 29.1 Å². The number of esters is 1. The van der Waals surface area contributed by atoms with Gasteiger partial charge in [-0.2, -0.15) is 0 Å². The molecule has 230 valence electrons. The highest BCUT2D eigenvalue weighted by atomic mass is 19.1. The van der Waals surface area contributed by atoms with E-state index in [0.717, 1.165) is 23.6 Å². The van der Waals surface area contributed by atoms with Crippen LogP contribution in [0.5, 0.6) is 5.75 Å². The summed E-state index contributed by atoms with van der Waals surface area (Å²) in [4.78, 5) is 38.8. The Bertz CT molecular complexity index is 1560. The smallest absolute Gasteiger partial charge is 0.337 e. The number of allylic oxidation sites excluding steroid dienone is 2. The molecule has 3 N–H and O–H groups in total. The highest BCUT2D eigenvalue weighted by Gasteiger charge is 2.67. The minimum Gasteiger partial charge on any atom is -0.495 e. The number of methoxy groups -OCH3 is 2. The summed E-state index contributed by atoms with van der Waals surface area (Å²) in [6, 6.07) is 9.86. The summed E-state index contributed by atoms with van der Waals surface area (Å²) in [5.41, 5.74) is 1.85. The molecule has 0 bridgehead atoms. The van der Waals surface area contributed by atoms with Crippen LogP contribution in [0.15, 0.2) is 72.5 Å². The molecule has 2 aliphatic rings. The summed E-state index contributed by atoms with van der Waals surface area (Å²) in [5, 5.41) is 9.44. The first-order chi connectivity index (χ1) is 20.7. The fraction of sp³-hybridized carbons (Fsp3) is 0.382. The number of hydrogen-bond acceptors (Lipinski definition) is 6. The second kappa shape index (κ2) is 12.4. The van der Waals surface area contributed by atoms with Gasteiger partial charge in [0.25, 0.3) is 5.91 Å². The average Bonchev–Trinajstić information content (AvgIpc) is 3.62. The van der Waals surface area contributed by atoms with Crippen LogP contribution < -0.4 is 20.7 Å².